The van der Waals surface area contributed by atoms with E-state index in [9.17, 15) is 0 Å². The number of nitrogens with zero attached hydrogens (tertiary/aromatic N) is 2. The number of nitrogens with one attached hydrogen (secondary N) is 1. The number of anilines is 1. The first-order chi connectivity index (χ1) is 7.15. The zero-order valence-electron chi connectivity index (χ0n) is 8.37. The standard InChI is InChI=1S/C10H12ClN3O/c1-7(2-3-15)13-10-5-8(6-12)4-9(11)14-10/h4-5,7,15H,2-3H2,1H3,(H,13,14). The number of nitriles is 1. The lowest BCUT2D eigenvalue weighted by Gasteiger charge is -2.13. The molecule has 2 N–H and O–H groups in total. The summed E-state index contributed by atoms with van der Waals surface area (Å²) in [5, 5.41) is 20.8. The first-order valence-electron chi connectivity index (χ1n) is 4.61. The number of rotatable bonds is 4. The van der Waals surface area contributed by atoms with Gasteiger partial charge in [-0.3, -0.25) is 0 Å². The van der Waals surface area contributed by atoms with Crippen LogP contribution in [-0.4, -0.2) is 22.7 Å². The Morgan fingerprint density at radius 2 is 2.40 bits per heavy atom. The summed E-state index contributed by atoms with van der Waals surface area (Å²) in [7, 11) is 0. The summed E-state index contributed by atoms with van der Waals surface area (Å²) >= 11 is 5.74. The first-order valence-corrected chi connectivity index (χ1v) is 4.98. The van der Waals surface area contributed by atoms with E-state index in [1.165, 1.54) is 6.07 Å². The second-order valence-corrected chi connectivity index (χ2v) is 3.62. The van der Waals surface area contributed by atoms with Crippen LogP contribution < -0.4 is 5.32 Å². The summed E-state index contributed by atoms with van der Waals surface area (Å²) in [5.74, 6) is 0.556. The molecule has 1 aromatic rings. The maximum atomic E-state index is 8.73. The molecule has 15 heavy (non-hydrogen) atoms. The van der Waals surface area contributed by atoms with Gasteiger partial charge in [-0.1, -0.05) is 11.6 Å². The maximum Gasteiger partial charge on any atom is 0.132 e. The van der Waals surface area contributed by atoms with E-state index >= 15 is 0 Å². The molecule has 0 saturated carbocycles. The summed E-state index contributed by atoms with van der Waals surface area (Å²) in [5.41, 5.74) is 0.466. The van der Waals surface area contributed by atoms with E-state index in [4.69, 9.17) is 22.0 Å². The van der Waals surface area contributed by atoms with Gasteiger partial charge in [-0.2, -0.15) is 5.26 Å². The Kier molecular flexibility index (Phi) is 4.35. The molecule has 80 valence electrons. The second kappa shape index (κ2) is 5.54. The maximum absolute atomic E-state index is 8.73. The molecule has 0 aliphatic heterocycles. The molecule has 1 unspecified atom stereocenters. The number of aliphatic hydroxyl groups excluding tert-OH is 1. The van der Waals surface area contributed by atoms with Crippen molar-refractivity contribution in [3.63, 3.8) is 0 Å². The third-order valence-corrected chi connectivity index (χ3v) is 2.07. The van der Waals surface area contributed by atoms with Gasteiger partial charge in [-0.25, -0.2) is 4.98 Å². The van der Waals surface area contributed by atoms with Crippen LogP contribution in [0, 0.1) is 11.3 Å². The van der Waals surface area contributed by atoms with Crippen LogP contribution in [0.4, 0.5) is 5.82 Å². The number of aliphatic hydroxyl groups is 1. The number of hydrogen-bond acceptors (Lipinski definition) is 4. The van der Waals surface area contributed by atoms with E-state index in [-0.39, 0.29) is 17.8 Å². The van der Waals surface area contributed by atoms with Crippen LogP contribution in [0.5, 0.6) is 0 Å². The Hall–Kier alpha value is -1.31. The van der Waals surface area contributed by atoms with E-state index in [0.29, 0.717) is 17.8 Å². The molecule has 1 aromatic heterocycles. The lowest BCUT2D eigenvalue weighted by atomic mass is 10.2. The normalized spacial score (nSPS) is 11.9. The highest BCUT2D eigenvalue weighted by atomic mass is 35.5. The number of halogens is 1. The minimum Gasteiger partial charge on any atom is -0.396 e. The van der Waals surface area contributed by atoms with E-state index in [0.717, 1.165) is 0 Å². The first kappa shape index (κ1) is 11.8. The van der Waals surface area contributed by atoms with Gasteiger partial charge in [0.05, 0.1) is 11.6 Å². The number of pyridine rings is 1. The SMILES string of the molecule is CC(CCO)Nc1cc(C#N)cc(Cl)n1. The van der Waals surface area contributed by atoms with Crippen LogP contribution in [0.25, 0.3) is 0 Å². The van der Waals surface area contributed by atoms with E-state index < -0.39 is 0 Å². The monoisotopic (exact) mass is 225 g/mol. The van der Waals surface area contributed by atoms with Gasteiger partial charge in [-0.05, 0) is 25.5 Å². The molecule has 1 heterocycles. The molecule has 1 rings (SSSR count). The second-order valence-electron chi connectivity index (χ2n) is 3.23. The van der Waals surface area contributed by atoms with Gasteiger partial charge < -0.3 is 10.4 Å². The van der Waals surface area contributed by atoms with Crippen molar-refractivity contribution in [2.75, 3.05) is 11.9 Å². The highest BCUT2D eigenvalue weighted by Crippen LogP contribution is 2.14. The summed E-state index contributed by atoms with van der Waals surface area (Å²) in [6.07, 6.45) is 0.621. The van der Waals surface area contributed by atoms with Crippen molar-refractivity contribution in [2.24, 2.45) is 0 Å². The van der Waals surface area contributed by atoms with E-state index in [1.54, 1.807) is 6.07 Å². The van der Waals surface area contributed by atoms with Crippen LogP contribution in [0.15, 0.2) is 12.1 Å². The van der Waals surface area contributed by atoms with Crippen molar-refractivity contribution < 1.29 is 5.11 Å². The summed E-state index contributed by atoms with van der Waals surface area (Å²) in [6.45, 7) is 2.03. The fraction of sp³-hybridized carbons (Fsp3) is 0.400. The highest BCUT2D eigenvalue weighted by molar-refractivity contribution is 6.29. The van der Waals surface area contributed by atoms with E-state index in [1.807, 2.05) is 13.0 Å². The molecule has 0 amide bonds. The minimum absolute atomic E-state index is 0.0903. The number of aromatic nitrogens is 1. The molecule has 0 radical (unpaired) electrons. The van der Waals surface area contributed by atoms with Gasteiger partial charge in [-0.15, -0.1) is 0 Å². The minimum atomic E-state index is 0.0903. The van der Waals surface area contributed by atoms with Crippen molar-refractivity contribution in [2.45, 2.75) is 19.4 Å². The fourth-order valence-corrected chi connectivity index (χ4v) is 1.36. The average molecular weight is 226 g/mol. The molecule has 1 atom stereocenters. The van der Waals surface area contributed by atoms with Crippen LogP contribution >= 0.6 is 11.6 Å². The molecule has 0 spiro atoms. The summed E-state index contributed by atoms with van der Waals surface area (Å²) in [4.78, 5) is 4.03. The van der Waals surface area contributed by atoms with Crippen molar-refractivity contribution in [1.29, 1.82) is 5.26 Å². The Morgan fingerprint density at radius 3 is 3.00 bits per heavy atom. The lowest BCUT2D eigenvalue weighted by Crippen LogP contribution is -2.17. The lowest BCUT2D eigenvalue weighted by molar-refractivity contribution is 0.282. The van der Waals surface area contributed by atoms with Crippen LogP contribution in [-0.2, 0) is 0 Å². The Morgan fingerprint density at radius 1 is 1.67 bits per heavy atom. The van der Waals surface area contributed by atoms with Gasteiger partial charge in [0.25, 0.3) is 0 Å². The van der Waals surface area contributed by atoms with Crippen molar-refractivity contribution in [1.82, 2.24) is 4.98 Å². The Labute approximate surface area is 93.5 Å². The third kappa shape index (κ3) is 3.74. The zero-order chi connectivity index (χ0) is 11.3. The molecule has 0 bridgehead atoms. The smallest absolute Gasteiger partial charge is 0.132 e. The molecule has 0 aromatic carbocycles. The molecular formula is C10H12ClN3O. The third-order valence-electron chi connectivity index (χ3n) is 1.88. The zero-order valence-corrected chi connectivity index (χ0v) is 9.12. The molecular weight excluding hydrogens is 214 g/mol. The molecule has 0 fully saturated rings. The number of hydrogen-bond donors (Lipinski definition) is 2. The highest BCUT2D eigenvalue weighted by Gasteiger charge is 2.04. The van der Waals surface area contributed by atoms with Crippen molar-refractivity contribution in [3.8, 4) is 6.07 Å². The quantitative estimate of drug-likeness (QED) is 0.767. The van der Waals surface area contributed by atoms with Gasteiger partial charge in [0.2, 0.25) is 0 Å². The average Bonchev–Trinajstić information content (AvgIpc) is 2.17. The molecule has 0 aliphatic rings. The predicted molar refractivity (Wildman–Crippen MR) is 58.7 cm³/mol. The summed E-state index contributed by atoms with van der Waals surface area (Å²) < 4.78 is 0. The Bertz CT molecular complexity index is 375. The fourth-order valence-electron chi connectivity index (χ4n) is 1.15. The van der Waals surface area contributed by atoms with Crippen molar-refractivity contribution >= 4 is 17.4 Å². The Balaban J connectivity index is 2.77. The van der Waals surface area contributed by atoms with Gasteiger partial charge in [0, 0.05) is 12.6 Å². The van der Waals surface area contributed by atoms with Gasteiger partial charge in [0.15, 0.2) is 0 Å². The van der Waals surface area contributed by atoms with Crippen LogP contribution in [0.3, 0.4) is 0 Å². The summed E-state index contributed by atoms with van der Waals surface area (Å²) in [6, 6.07) is 5.22. The molecule has 0 aliphatic carbocycles. The van der Waals surface area contributed by atoms with Crippen LogP contribution in [0.1, 0.15) is 18.9 Å². The van der Waals surface area contributed by atoms with E-state index in [2.05, 4.69) is 10.3 Å². The molecule has 0 saturated heterocycles. The van der Waals surface area contributed by atoms with Crippen LogP contribution in [0.2, 0.25) is 5.15 Å². The molecule has 5 heteroatoms. The topological polar surface area (TPSA) is 68.9 Å². The van der Waals surface area contributed by atoms with Gasteiger partial charge in [0.1, 0.15) is 11.0 Å². The van der Waals surface area contributed by atoms with Gasteiger partial charge >= 0.3 is 0 Å². The molecule has 4 nitrogen and oxygen atoms in total. The largest absolute Gasteiger partial charge is 0.396 e. The van der Waals surface area contributed by atoms with Crippen molar-refractivity contribution in [3.05, 3.63) is 22.8 Å². The predicted octanol–water partition coefficient (Wildman–Crippen LogP) is 1.79.